The van der Waals surface area contributed by atoms with Crippen molar-refractivity contribution in [3.63, 3.8) is 0 Å². The molecule has 0 unspecified atom stereocenters. The number of carbonyl (C=O) groups excluding carboxylic acids is 3. The number of ether oxygens (including phenoxy) is 1. The molecule has 3 amide bonds. The molecule has 0 radical (unpaired) electrons. The predicted molar refractivity (Wildman–Crippen MR) is 101 cm³/mol. The van der Waals surface area contributed by atoms with Crippen LogP contribution in [0.5, 0.6) is 0 Å². The number of rotatable bonds is 6. The summed E-state index contributed by atoms with van der Waals surface area (Å²) < 4.78 is 5.05. The van der Waals surface area contributed by atoms with E-state index in [1.165, 1.54) is 11.3 Å². The molecule has 138 valence electrons. The van der Waals surface area contributed by atoms with E-state index in [1.807, 2.05) is 51.1 Å². The van der Waals surface area contributed by atoms with Crippen LogP contribution in [-0.2, 0) is 9.53 Å². The summed E-state index contributed by atoms with van der Waals surface area (Å²) in [4.78, 5) is 36.0. The molecule has 1 aromatic carbocycles. The molecule has 1 atom stereocenters. The maximum absolute atomic E-state index is 12.3. The maximum Gasteiger partial charge on any atom is 0.349 e. The van der Waals surface area contributed by atoms with Gasteiger partial charge in [0.25, 0.3) is 5.91 Å². The Kier molecular flexibility index (Phi) is 6.91. The average Bonchev–Trinajstić information content (AvgIpc) is 3.09. The van der Waals surface area contributed by atoms with E-state index in [1.54, 1.807) is 5.38 Å². The number of amides is 3. The topological polar surface area (TPSA) is 84.5 Å². The Morgan fingerprint density at radius 2 is 1.85 bits per heavy atom. The molecule has 26 heavy (non-hydrogen) atoms. The van der Waals surface area contributed by atoms with E-state index < -0.39 is 24.5 Å². The molecule has 0 aliphatic rings. The molecule has 0 bridgehead atoms. The molecule has 6 nitrogen and oxygen atoms in total. The van der Waals surface area contributed by atoms with Gasteiger partial charge in [-0.05, 0) is 37.3 Å². The monoisotopic (exact) mass is 374 g/mol. The van der Waals surface area contributed by atoms with Gasteiger partial charge in [0.2, 0.25) is 0 Å². The third-order valence-electron chi connectivity index (χ3n) is 3.79. The molecule has 1 aromatic heterocycles. The van der Waals surface area contributed by atoms with Crippen molar-refractivity contribution in [2.75, 3.05) is 6.61 Å². The zero-order valence-corrected chi connectivity index (χ0v) is 15.8. The molecular weight excluding hydrogens is 352 g/mol. The van der Waals surface area contributed by atoms with Gasteiger partial charge in [-0.1, -0.05) is 36.8 Å². The lowest BCUT2D eigenvalue weighted by Crippen LogP contribution is -2.44. The van der Waals surface area contributed by atoms with Crippen LogP contribution in [-0.4, -0.2) is 30.6 Å². The molecule has 0 aliphatic carbocycles. The minimum Gasteiger partial charge on any atom is -0.451 e. The number of thiophene rings is 1. The summed E-state index contributed by atoms with van der Waals surface area (Å²) in [5.74, 6) is -1.26. The summed E-state index contributed by atoms with van der Waals surface area (Å²) in [6.45, 7) is 5.22. The van der Waals surface area contributed by atoms with Crippen LogP contribution < -0.4 is 10.6 Å². The second kappa shape index (κ2) is 9.15. The van der Waals surface area contributed by atoms with Crippen LogP contribution in [0.3, 0.4) is 0 Å². The first-order valence-corrected chi connectivity index (χ1v) is 9.20. The molecule has 1 heterocycles. The van der Waals surface area contributed by atoms with Crippen LogP contribution in [0.2, 0.25) is 0 Å². The summed E-state index contributed by atoms with van der Waals surface area (Å²) >= 11 is 1.25. The second-order valence-electron chi connectivity index (χ2n) is 5.94. The van der Waals surface area contributed by atoms with Gasteiger partial charge in [0.05, 0.1) is 0 Å². The zero-order chi connectivity index (χ0) is 19.1. The van der Waals surface area contributed by atoms with Crippen LogP contribution >= 0.6 is 11.3 Å². The third-order valence-corrected chi connectivity index (χ3v) is 4.68. The fourth-order valence-corrected chi connectivity index (χ4v) is 2.96. The molecule has 2 rings (SSSR count). The lowest BCUT2D eigenvalue weighted by atomic mass is 10.1. The van der Waals surface area contributed by atoms with Crippen LogP contribution in [0, 0.1) is 6.92 Å². The van der Waals surface area contributed by atoms with Gasteiger partial charge in [-0.3, -0.25) is 10.1 Å². The second-order valence-corrected chi connectivity index (χ2v) is 6.85. The Labute approximate surface area is 156 Å². The Bertz CT molecular complexity index is 783. The van der Waals surface area contributed by atoms with Crippen molar-refractivity contribution in [1.82, 2.24) is 10.6 Å². The standard InChI is InChI=1S/C19H22N2O4S/c1-4-13(3)20-19(24)21-16(22)11-25-18(23)17-15(9-10-26-17)14-7-5-12(2)6-8-14/h5-10,13H,4,11H2,1-3H3,(H2,20,21,22,24)/t13-/m1/s1. The zero-order valence-electron chi connectivity index (χ0n) is 15.0. The lowest BCUT2D eigenvalue weighted by Gasteiger charge is -2.11. The van der Waals surface area contributed by atoms with Crippen molar-refractivity contribution in [3.05, 3.63) is 46.2 Å². The van der Waals surface area contributed by atoms with Crippen LogP contribution in [0.15, 0.2) is 35.7 Å². The molecule has 0 fully saturated rings. The van der Waals surface area contributed by atoms with E-state index in [0.717, 1.165) is 23.1 Å². The van der Waals surface area contributed by atoms with E-state index in [2.05, 4.69) is 10.6 Å². The lowest BCUT2D eigenvalue weighted by molar-refractivity contribution is -0.123. The summed E-state index contributed by atoms with van der Waals surface area (Å²) in [7, 11) is 0. The smallest absolute Gasteiger partial charge is 0.349 e. The summed E-state index contributed by atoms with van der Waals surface area (Å²) in [5, 5.41) is 6.53. The van der Waals surface area contributed by atoms with Gasteiger partial charge in [0.15, 0.2) is 6.61 Å². The highest BCUT2D eigenvalue weighted by Gasteiger charge is 2.18. The van der Waals surface area contributed by atoms with E-state index in [4.69, 9.17) is 4.74 Å². The highest BCUT2D eigenvalue weighted by Crippen LogP contribution is 2.29. The first kappa shape index (κ1) is 19.7. The minimum absolute atomic E-state index is 0.0477. The Morgan fingerprint density at radius 3 is 2.50 bits per heavy atom. The van der Waals surface area contributed by atoms with Crippen molar-refractivity contribution in [2.24, 2.45) is 0 Å². The molecule has 0 saturated carbocycles. The number of carbonyl (C=O) groups is 3. The largest absolute Gasteiger partial charge is 0.451 e. The fourth-order valence-electron chi connectivity index (χ4n) is 2.15. The number of nitrogens with one attached hydrogen (secondary N) is 2. The number of urea groups is 1. The number of hydrogen-bond acceptors (Lipinski definition) is 5. The van der Waals surface area contributed by atoms with Crippen LogP contribution in [0.4, 0.5) is 4.79 Å². The fraction of sp³-hybridized carbons (Fsp3) is 0.316. The molecule has 0 spiro atoms. The van der Waals surface area contributed by atoms with E-state index in [9.17, 15) is 14.4 Å². The van der Waals surface area contributed by atoms with E-state index >= 15 is 0 Å². The number of hydrogen-bond donors (Lipinski definition) is 2. The SMILES string of the molecule is CC[C@@H](C)NC(=O)NC(=O)COC(=O)c1sccc1-c1ccc(C)cc1. The first-order chi connectivity index (χ1) is 12.4. The molecule has 2 aromatic rings. The average molecular weight is 374 g/mol. The van der Waals surface area contributed by atoms with Crippen molar-refractivity contribution in [2.45, 2.75) is 33.2 Å². The first-order valence-electron chi connectivity index (χ1n) is 8.32. The number of esters is 1. The highest BCUT2D eigenvalue weighted by atomic mass is 32.1. The Hall–Kier alpha value is -2.67. The molecule has 2 N–H and O–H groups in total. The summed E-state index contributed by atoms with van der Waals surface area (Å²) in [5.41, 5.74) is 2.79. The van der Waals surface area contributed by atoms with Gasteiger partial charge in [-0.2, -0.15) is 0 Å². The van der Waals surface area contributed by atoms with Gasteiger partial charge < -0.3 is 10.1 Å². The maximum atomic E-state index is 12.3. The Morgan fingerprint density at radius 1 is 1.15 bits per heavy atom. The minimum atomic E-state index is -0.674. The number of imide groups is 1. The number of benzene rings is 1. The third kappa shape index (κ3) is 5.42. The van der Waals surface area contributed by atoms with Crippen molar-refractivity contribution in [1.29, 1.82) is 0 Å². The van der Waals surface area contributed by atoms with E-state index in [-0.39, 0.29) is 6.04 Å². The Balaban J connectivity index is 1.93. The molecule has 7 heteroatoms. The van der Waals surface area contributed by atoms with Gasteiger partial charge in [-0.25, -0.2) is 9.59 Å². The number of aryl methyl sites for hydroxylation is 1. The normalized spacial score (nSPS) is 11.5. The van der Waals surface area contributed by atoms with Crippen molar-refractivity contribution in [3.8, 4) is 11.1 Å². The van der Waals surface area contributed by atoms with Gasteiger partial charge in [0, 0.05) is 11.6 Å². The quantitative estimate of drug-likeness (QED) is 0.758. The molecule has 0 saturated heterocycles. The summed E-state index contributed by atoms with van der Waals surface area (Å²) in [6, 6.07) is 8.98. The summed E-state index contributed by atoms with van der Waals surface area (Å²) in [6.07, 6.45) is 0.747. The van der Waals surface area contributed by atoms with Crippen LogP contribution in [0.25, 0.3) is 11.1 Å². The van der Waals surface area contributed by atoms with Crippen molar-refractivity contribution < 1.29 is 19.1 Å². The van der Waals surface area contributed by atoms with E-state index in [0.29, 0.717) is 4.88 Å². The van der Waals surface area contributed by atoms with Gasteiger partial charge in [0.1, 0.15) is 4.88 Å². The van der Waals surface area contributed by atoms with Crippen molar-refractivity contribution >= 4 is 29.2 Å². The van der Waals surface area contributed by atoms with Crippen LogP contribution in [0.1, 0.15) is 35.5 Å². The van der Waals surface area contributed by atoms with Gasteiger partial charge in [-0.15, -0.1) is 11.3 Å². The highest BCUT2D eigenvalue weighted by molar-refractivity contribution is 7.12. The molecule has 0 aliphatic heterocycles. The predicted octanol–water partition coefficient (Wildman–Crippen LogP) is 3.50. The molecular formula is C19H22N2O4S. The van der Waals surface area contributed by atoms with Gasteiger partial charge >= 0.3 is 12.0 Å².